The Balaban J connectivity index is 1.62. The minimum atomic E-state index is -0.801. The van der Waals surface area contributed by atoms with Gasteiger partial charge in [0, 0.05) is 11.1 Å². The summed E-state index contributed by atoms with van der Waals surface area (Å²) in [7, 11) is 0. The summed E-state index contributed by atoms with van der Waals surface area (Å²) in [5, 5.41) is 2.74. The third-order valence-electron chi connectivity index (χ3n) is 4.75. The third-order valence-corrected chi connectivity index (χ3v) is 4.75. The number of hydrazine groups is 1. The smallest absolute Gasteiger partial charge is 0.269 e. The zero-order chi connectivity index (χ0) is 20.8. The van der Waals surface area contributed by atoms with Crippen molar-refractivity contribution in [1.29, 1.82) is 0 Å². The lowest BCUT2D eigenvalue weighted by Crippen LogP contribution is -2.54. The Kier molecular flexibility index (Phi) is 6.33. The highest BCUT2D eigenvalue weighted by Gasteiger charge is 2.27. The number of fused-ring (bicyclic) bond motifs is 1. The first kappa shape index (κ1) is 20.2. The molecule has 0 bridgehead atoms. The van der Waals surface area contributed by atoms with E-state index < -0.39 is 17.9 Å². The van der Waals surface area contributed by atoms with Crippen molar-refractivity contribution < 1.29 is 23.9 Å². The molecule has 3 amide bonds. The predicted molar refractivity (Wildman–Crippen MR) is 105 cm³/mol. The van der Waals surface area contributed by atoms with Crippen LogP contribution in [-0.2, 0) is 4.79 Å². The molecule has 1 heterocycles. The largest absolute Gasteiger partial charge is 0.454 e. The van der Waals surface area contributed by atoms with Crippen LogP contribution in [0.2, 0.25) is 0 Å². The van der Waals surface area contributed by atoms with Crippen molar-refractivity contribution in [2.24, 2.45) is 5.92 Å². The van der Waals surface area contributed by atoms with Gasteiger partial charge in [0.25, 0.3) is 17.7 Å². The van der Waals surface area contributed by atoms with E-state index >= 15 is 0 Å². The molecule has 0 spiro atoms. The minimum absolute atomic E-state index is 0.106. The number of benzene rings is 2. The van der Waals surface area contributed by atoms with E-state index in [4.69, 9.17) is 9.47 Å². The van der Waals surface area contributed by atoms with Crippen molar-refractivity contribution in [3.8, 4) is 11.5 Å². The van der Waals surface area contributed by atoms with Crippen LogP contribution in [0.4, 0.5) is 0 Å². The van der Waals surface area contributed by atoms with Gasteiger partial charge in [-0.2, -0.15) is 0 Å². The number of carbonyl (C=O) groups is 3. The number of ether oxygens (including phenoxy) is 2. The highest BCUT2D eigenvalue weighted by atomic mass is 16.7. The number of hydrogen-bond donors (Lipinski definition) is 3. The van der Waals surface area contributed by atoms with Crippen LogP contribution in [0.25, 0.3) is 0 Å². The molecule has 2 aromatic carbocycles. The standard InChI is InChI=1S/C21H23N3O5/c1-3-13(2)18(22-19(25)14-7-5-4-6-8-14)21(27)24-23-20(26)15-9-10-16-17(11-15)29-12-28-16/h4-11,13,18H,3,12H2,1-2H3,(H,22,25)(H,23,26)(H,24,27)/t13-,18-/m0/s1. The van der Waals surface area contributed by atoms with Gasteiger partial charge in [-0.05, 0) is 36.2 Å². The van der Waals surface area contributed by atoms with Gasteiger partial charge in [0.1, 0.15) is 6.04 Å². The molecule has 2 atom stereocenters. The average Bonchev–Trinajstić information content (AvgIpc) is 3.23. The van der Waals surface area contributed by atoms with Crippen molar-refractivity contribution in [2.45, 2.75) is 26.3 Å². The summed E-state index contributed by atoms with van der Waals surface area (Å²) in [6.07, 6.45) is 0.670. The zero-order valence-corrected chi connectivity index (χ0v) is 16.2. The van der Waals surface area contributed by atoms with E-state index in [2.05, 4.69) is 16.2 Å². The number of rotatable bonds is 6. The maximum atomic E-state index is 12.6. The van der Waals surface area contributed by atoms with Crippen molar-refractivity contribution in [1.82, 2.24) is 16.2 Å². The van der Waals surface area contributed by atoms with Crippen LogP contribution in [0, 0.1) is 5.92 Å². The van der Waals surface area contributed by atoms with Gasteiger partial charge < -0.3 is 14.8 Å². The molecule has 29 heavy (non-hydrogen) atoms. The second-order valence-electron chi connectivity index (χ2n) is 6.71. The number of hydrogen-bond acceptors (Lipinski definition) is 5. The van der Waals surface area contributed by atoms with E-state index in [9.17, 15) is 14.4 Å². The predicted octanol–water partition coefficient (Wildman–Crippen LogP) is 2.02. The lowest BCUT2D eigenvalue weighted by atomic mass is 9.98. The van der Waals surface area contributed by atoms with Crippen LogP contribution >= 0.6 is 0 Å². The first-order chi connectivity index (χ1) is 14.0. The van der Waals surface area contributed by atoms with E-state index in [0.717, 1.165) is 0 Å². The minimum Gasteiger partial charge on any atom is -0.454 e. The van der Waals surface area contributed by atoms with Crippen LogP contribution in [0.15, 0.2) is 48.5 Å². The number of amides is 3. The van der Waals surface area contributed by atoms with Crippen LogP contribution in [0.1, 0.15) is 41.0 Å². The monoisotopic (exact) mass is 397 g/mol. The van der Waals surface area contributed by atoms with E-state index in [1.165, 1.54) is 6.07 Å². The molecular formula is C21H23N3O5. The van der Waals surface area contributed by atoms with Crippen molar-refractivity contribution in [3.63, 3.8) is 0 Å². The van der Waals surface area contributed by atoms with Crippen LogP contribution < -0.4 is 25.6 Å². The van der Waals surface area contributed by atoms with Crippen molar-refractivity contribution >= 4 is 17.7 Å². The fraction of sp³-hybridized carbons (Fsp3) is 0.286. The second-order valence-corrected chi connectivity index (χ2v) is 6.71. The highest BCUT2D eigenvalue weighted by molar-refractivity contribution is 5.99. The van der Waals surface area contributed by atoms with Crippen molar-refractivity contribution in [2.75, 3.05) is 6.79 Å². The quantitative estimate of drug-likeness (QED) is 0.647. The Labute approximate surface area is 168 Å². The number of nitrogens with one attached hydrogen (secondary N) is 3. The fourth-order valence-electron chi connectivity index (χ4n) is 2.82. The molecular weight excluding hydrogens is 374 g/mol. The van der Waals surface area contributed by atoms with E-state index in [1.807, 2.05) is 13.8 Å². The van der Waals surface area contributed by atoms with Gasteiger partial charge in [-0.1, -0.05) is 38.5 Å². The maximum Gasteiger partial charge on any atom is 0.269 e. The Morgan fingerprint density at radius 2 is 1.66 bits per heavy atom. The van der Waals surface area contributed by atoms with Gasteiger partial charge in [-0.15, -0.1) is 0 Å². The molecule has 3 N–H and O–H groups in total. The fourth-order valence-corrected chi connectivity index (χ4v) is 2.82. The summed E-state index contributed by atoms with van der Waals surface area (Å²) in [5.74, 6) is -0.465. The topological polar surface area (TPSA) is 106 Å². The van der Waals surface area contributed by atoms with E-state index in [-0.39, 0.29) is 18.6 Å². The van der Waals surface area contributed by atoms with Gasteiger partial charge in [0.2, 0.25) is 6.79 Å². The summed E-state index contributed by atoms with van der Waals surface area (Å²) in [6, 6.07) is 12.6. The molecule has 0 fully saturated rings. The van der Waals surface area contributed by atoms with Crippen molar-refractivity contribution in [3.05, 3.63) is 59.7 Å². The SMILES string of the molecule is CC[C@H](C)[C@H](NC(=O)c1ccccc1)C(=O)NNC(=O)c1ccc2c(c1)OCO2. The Morgan fingerprint density at radius 1 is 0.931 bits per heavy atom. The molecule has 8 nitrogen and oxygen atoms in total. The molecule has 0 saturated heterocycles. The zero-order valence-electron chi connectivity index (χ0n) is 16.2. The molecule has 152 valence electrons. The first-order valence-electron chi connectivity index (χ1n) is 9.35. The lowest BCUT2D eigenvalue weighted by Gasteiger charge is -2.23. The van der Waals surface area contributed by atoms with Gasteiger partial charge in [0.05, 0.1) is 0 Å². The van der Waals surface area contributed by atoms with Crippen LogP contribution in [-0.4, -0.2) is 30.6 Å². The van der Waals surface area contributed by atoms with Crippen LogP contribution in [0.5, 0.6) is 11.5 Å². The molecule has 8 heteroatoms. The summed E-state index contributed by atoms with van der Waals surface area (Å²) in [5.41, 5.74) is 5.54. The Bertz CT molecular complexity index is 900. The average molecular weight is 397 g/mol. The molecule has 0 aromatic heterocycles. The van der Waals surface area contributed by atoms with Gasteiger partial charge in [-0.25, -0.2) is 0 Å². The second kappa shape index (κ2) is 9.09. The number of carbonyl (C=O) groups excluding carboxylic acids is 3. The summed E-state index contributed by atoms with van der Waals surface area (Å²) >= 11 is 0. The van der Waals surface area contributed by atoms with Crippen LogP contribution in [0.3, 0.4) is 0 Å². The molecule has 0 aliphatic carbocycles. The van der Waals surface area contributed by atoms with Gasteiger partial charge in [-0.3, -0.25) is 25.2 Å². The Morgan fingerprint density at radius 3 is 2.38 bits per heavy atom. The molecule has 1 aliphatic heterocycles. The van der Waals surface area contributed by atoms with E-state index in [0.29, 0.717) is 29.0 Å². The molecule has 3 rings (SSSR count). The summed E-state index contributed by atoms with van der Waals surface area (Å²) in [4.78, 5) is 37.4. The van der Waals surface area contributed by atoms with E-state index in [1.54, 1.807) is 42.5 Å². The third kappa shape index (κ3) is 4.84. The van der Waals surface area contributed by atoms with Gasteiger partial charge in [0.15, 0.2) is 11.5 Å². The summed E-state index contributed by atoms with van der Waals surface area (Å²) < 4.78 is 10.5. The highest BCUT2D eigenvalue weighted by Crippen LogP contribution is 2.32. The molecule has 0 saturated carbocycles. The maximum absolute atomic E-state index is 12.6. The van der Waals surface area contributed by atoms with Gasteiger partial charge >= 0.3 is 0 Å². The molecule has 2 aromatic rings. The summed E-state index contributed by atoms with van der Waals surface area (Å²) in [6.45, 7) is 3.88. The lowest BCUT2D eigenvalue weighted by molar-refractivity contribution is -0.124. The first-order valence-corrected chi connectivity index (χ1v) is 9.35. The normalized spacial score (nSPS) is 13.9. The molecule has 1 aliphatic rings. The Hall–Kier alpha value is -3.55. The molecule has 0 radical (unpaired) electrons. The molecule has 0 unspecified atom stereocenters.